The summed E-state index contributed by atoms with van der Waals surface area (Å²) in [6, 6.07) is 3.19. The zero-order chi connectivity index (χ0) is 13.7. The lowest BCUT2D eigenvalue weighted by molar-refractivity contribution is -0.920. The average molecular weight is 253 g/mol. The van der Waals surface area contributed by atoms with Crippen molar-refractivity contribution in [3.05, 3.63) is 23.7 Å². The summed E-state index contributed by atoms with van der Waals surface area (Å²) in [5, 5.41) is 10.6. The molecule has 0 radical (unpaired) electrons. The zero-order valence-electron chi connectivity index (χ0n) is 11.7. The van der Waals surface area contributed by atoms with E-state index in [1.54, 1.807) is 6.07 Å². The summed E-state index contributed by atoms with van der Waals surface area (Å²) in [6.45, 7) is 11.6. The van der Waals surface area contributed by atoms with E-state index in [-0.39, 0.29) is 5.76 Å². The third-order valence-electron chi connectivity index (χ3n) is 2.68. The molecule has 1 heterocycles. The Bertz CT molecular complexity index is 372. The molecule has 0 bridgehead atoms. The molecule has 0 saturated heterocycles. The van der Waals surface area contributed by atoms with Crippen molar-refractivity contribution in [3.63, 3.8) is 0 Å². The Labute approximate surface area is 109 Å². The van der Waals surface area contributed by atoms with Gasteiger partial charge in [0, 0.05) is 11.8 Å². The Morgan fingerprint density at radius 2 is 1.78 bits per heavy atom. The molecule has 1 rings (SSSR count). The number of carbonyl (C=O) groups is 1. The van der Waals surface area contributed by atoms with Crippen LogP contribution >= 0.6 is 0 Å². The highest BCUT2D eigenvalue weighted by atomic mass is 16.4. The first-order chi connectivity index (χ1) is 8.38. The quantitative estimate of drug-likeness (QED) is 0.762. The monoisotopic (exact) mass is 253 g/mol. The largest absolute Gasteiger partial charge is 0.542 e. The molecule has 0 saturated carbocycles. The molecule has 0 unspecified atom stereocenters. The van der Waals surface area contributed by atoms with Crippen molar-refractivity contribution in [2.75, 3.05) is 13.1 Å². The summed E-state index contributed by atoms with van der Waals surface area (Å²) < 4.78 is 5.26. The van der Waals surface area contributed by atoms with E-state index < -0.39 is 5.97 Å². The van der Waals surface area contributed by atoms with E-state index in [0.717, 1.165) is 19.6 Å². The third-order valence-corrected chi connectivity index (χ3v) is 2.68. The Morgan fingerprint density at radius 3 is 2.17 bits per heavy atom. The van der Waals surface area contributed by atoms with Crippen LogP contribution in [0.15, 0.2) is 16.5 Å². The first-order valence-corrected chi connectivity index (χ1v) is 6.52. The minimum absolute atomic E-state index is 0.0848. The van der Waals surface area contributed by atoms with Gasteiger partial charge in [-0.2, -0.15) is 0 Å². The maximum Gasteiger partial charge on any atom is 0.159 e. The second-order valence-corrected chi connectivity index (χ2v) is 5.68. The molecule has 1 N–H and O–H groups in total. The Morgan fingerprint density at radius 1 is 1.22 bits per heavy atom. The second-order valence-electron chi connectivity index (χ2n) is 5.68. The number of carbonyl (C=O) groups excluding carboxylic acids is 1. The molecule has 0 spiro atoms. The highest BCUT2D eigenvalue weighted by molar-refractivity contribution is 5.82. The third kappa shape index (κ3) is 4.92. The van der Waals surface area contributed by atoms with E-state index in [1.165, 1.54) is 11.0 Å². The first kappa shape index (κ1) is 14.8. The van der Waals surface area contributed by atoms with Gasteiger partial charge in [-0.1, -0.05) is 27.7 Å². The van der Waals surface area contributed by atoms with Crippen molar-refractivity contribution in [1.82, 2.24) is 0 Å². The summed E-state index contributed by atoms with van der Waals surface area (Å²) in [5.41, 5.74) is 0. The van der Waals surface area contributed by atoms with Crippen LogP contribution in [0.2, 0.25) is 0 Å². The first-order valence-electron chi connectivity index (χ1n) is 6.52. The van der Waals surface area contributed by atoms with E-state index in [0.29, 0.717) is 17.6 Å². The molecule has 0 aromatic carbocycles. The summed E-state index contributed by atoms with van der Waals surface area (Å²) in [5.74, 6) is 0.586. The summed E-state index contributed by atoms with van der Waals surface area (Å²) >= 11 is 0. The molecule has 18 heavy (non-hydrogen) atoms. The van der Waals surface area contributed by atoms with Crippen LogP contribution in [0.25, 0.3) is 0 Å². The number of carboxylic acids is 1. The molecule has 0 atom stereocenters. The van der Waals surface area contributed by atoms with Gasteiger partial charge in [0.15, 0.2) is 5.76 Å². The minimum atomic E-state index is -1.25. The van der Waals surface area contributed by atoms with Gasteiger partial charge in [0.05, 0.1) is 13.1 Å². The zero-order valence-corrected chi connectivity index (χ0v) is 11.7. The number of quaternary nitrogens is 1. The fourth-order valence-electron chi connectivity index (χ4n) is 2.21. The number of hydrogen-bond donors (Lipinski definition) is 1. The van der Waals surface area contributed by atoms with Gasteiger partial charge in [0.25, 0.3) is 0 Å². The number of furan rings is 1. The Balaban J connectivity index is 2.65. The lowest BCUT2D eigenvalue weighted by Crippen LogP contribution is -3.11. The summed E-state index contributed by atoms with van der Waals surface area (Å²) in [4.78, 5) is 12.1. The van der Waals surface area contributed by atoms with Crippen LogP contribution < -0.4 is 10.0 Å². The van der Waals surface area contributed by atoms with Gasteiger partial charge in [0.2, 0.25) is 0 Å². The maximum atomic E-state index is 10.6. The predicted octanol–water partition coefficient (Wildman–Crippen LogP) is 0.340. The van der Waals surface area contributed by atoms with Gasteiger partial charge in [0.1, 0.15) is 18.3 Å². The van der Waals surface area contributed by atoms with Crippen molar-refractivity contribution in [2.24, 2.45) is 11.8 Å². The molecule has 0 amide bonds. The van der Waals surface area contributed by atoms with E-state index in [2.05, 4.69) is 27.7 Å². The number of nitrogens with one attached hydrogen (secondary N) is 1. The van der Waals surface area contributed by atoms with Crippen molar-refractivity contribution >= 4 is 5.97 Å². The average Bonchev–Trinajstić information content (AvgIpc) is 2.63. The van der Waals surface area contributed by atoms with Gasteiger partial charge in [-0.25, -0.2) is 0 Å². The van der Waals surface area contributed by atoms with Crippen LogP contribution in [0.4, 0.5) is 0 Å². The highest BCUT2D eigenvalue weighted by Crippen LogP contribution is 2.05. The van der Waals surface area contributed by atoms with Gasteiger partial charge in [-0.3, -0.25) is 0 Å². The van der Waals surface area contributed by atoms with Gasteiger partial charge >= 0.3 is 0 Å². The fourth-order valence-corrected chi connectivity index (χ4v) is 2.21. The second kappa shape index (κ2) is 6.59. The SMILES string of the molecule is CC(C)C[NH+](Cc1ccc(C(=O)[O-])o1)CC(C)C. The maximum absolute atomic E-state index is 10.6. The predicted molar refractivity (Wildman–Crippen MR) is 67.1 cm³/mol. The standard InChI is InChI=1S/C14H23NO3/c1-10(2)7-15(8-11(3)4)9-12-5-6-13(18-12)14(16)17/h5-6,10-11H,7-9H2,1-4H3,(H,16,17). The van der Waals surface area contributed by atoms with Crippen LogP contribution in [0, 0.1) is 11.8 Å². The molecule has 0 fully saturated rings. The van der Waals surface area contributed by atoms with E-state index in [4.69, 9.17) is 4.42 Å². The Kier molecular flexibility index (Phi) is 5.41. The van der Waals surface area contributed by atoms with Crippen molar-refractivity contribution in [3.8, 4) is 0 Å². The topological polar surface area (TPSA) is 57.7 Å². The lowest BCUT2D eigenvalue weighted by atomic mass is 10.1. The lowest BCUT2D eigenvalue weighted by Gasteiger charge is -2.22. The molecule has 0 aliphatic heterocycles. The molecule has 4 heteroatoms. The van der Waals surface area contributed by atoms with Gasteiger partial charge in [-0.15, -0.1) is 0 Å². The summed E-state index contributed by atoms with van der Waals surface area (Å²) in [6.07, 6.45) is 0. The van der Waals surface area contributed by atoms with E-state index in [9.17, 15) is 9.90 Å². The number of hydrogen-bond acceptors (Lipinski definition) is 3. The van der Waals surface area contributed by atoms with Crippen LogP contribution in [0.1, 0.15) is 44.0 Å². The Hall–Kier alpha value is -1.29. The molecular weight excluding hydrogens is 230 g/mol. The van der Waals surface area contributed by atoms with Gasteiger partial charge in [-0.05, 0) is 12.1 Å². The van der Waals surface area contributed by atoms with Crippen LogP contribution in [0.5, 0.6) is 0 Å². The molecule has 0 aliphatic rings. The van der Waals surface area contributed by atoms with E-state index in [1.807, 2.05) is 0 Å². The molecule has 102 valence electrons. The smallest absolute Gasteiger partial charge is 0.159 e. The van der Waals surface area contributed by atoms with Crippen LogP contribution in [-0.2, 0) is 6.54 Å². The normalized spacial score (nSPS) is 11.7. The van der Waals surface area contributed by atoms with E-state index >= 15 is 0 Å². The summed E-state index contributed by atoms with van der Waals surface area (Å²) in [7, 11) is 0. The molecule has 1 aromatic rings. The van der Waals surface area contributed by atoms with Crippen LogP contribution in [0.3, 0.4) is 0 Å². The molecule has 0 aliphatic carbocycles. The number of rotatable bonds is 7. The number of aromatic carboxylic acids is 1. The fraction of sp³-hybridized carbons (Fsp3) is 0.643. The number of carboxylic acid groups (broad SMARTS) is 1. The highest BCUT2D eigenvalue weighted by Gasteiger charge is 2.16. The van der Waals surface area contributed by atoms with Crippen molar-refractivity contribution in [2.45, 2.75) is 34.2 Å². The molecular formula is C14H23NO3. The van der Waals surface area contributed by atoms with Gasteiger partial charge < -0.3 is 19.2 Å². The van der Waals surface area contributed by atoms with Crippen molar-refractivity contribution < 1.29 is 19.2 Å². The molecule has 4 nitrogen and oxygen atoms in total. The minimum Gasteiger partial charge on any atom is -0.542 e. The molecule has 1 aromatic heterocycles. The van der Waals surface area contributed by atoms with Crippen molar-refractivity contribution in [1.29, 1.82) is 0 Å². The van der Waals surface area contributed by atoms with Crippen LogP contribution in [-0.4, -0.2) is 19.1 Å².